The van der Waals surface area contributed by atoms with Crippen LogP contribution < -0.4 is 5.73 Å². The molecule has 1 atom stereocenters. The Kier molecular flexibility index (Phi) is 2.98. The van der Waals surface area contributed by atoms with Crippen molar-refractivity contribution < 1.29 is 9.90 Å². The summed E-state index contributed by atoms with van der Waals surface area (Å²) in [7, 11) is 0. The van der Waals surface area contributed by atoms with Crippen LogP contribution in [0.4, 0.5) is 0 Å². The lowest BCUT2D eigenvalue weighted by Crippen LogP contribution is -2.38. The molecule has 1 aromatic heterocycles. The van der Waals surface area contributed by atoms with Crippen molar-refractivity contribution in [2.24, 2.45) is 5.73 Å². The number of ketones is 1. The van der Waals surface area contributed by atoms with Crippen LogP contribution in [0.3, 0.4) is 0 Å². The molecule has 0 unspecified atom stereocenters. The van der Waals surface area contributed by atoms with Gasteiger partial charge in [-0.2, -0.15) is 0 Å². The van der Waals surface area contributed by atoms with Gasteiger partial charge in [-0.15, -0.1) is 0 Å². The van der Waals surface area contributed by atoms with Crippen LogP contribution in [0.2, 0.25) is 0 Å². The molecule has 0 aliphatic carbocycles. The lowest BCUT2D eigenvalue weighted by molar-refractivity contribution is 0.101. The molecule has 4 nitrogen and oxygen atoms in total. The van der Waals surface area contributed by atoms with Gasteiger partial charge in [0.2, 0.25) is 0 Å². The van der Waals surface area contributed by atoms with Gasteiger partial charge < -0.3 is 10.8 Å². The van der Waals surface area contributed by atoms with Gasteiger partial charge in [-0.05, 0) is 19.1 Å². The van der Waals surface area contributed by atoms with Crippen LogP contribution in [0.5, 0.6) is 0 Å². The van der Waals surface area contributed by atoms with Crippen LogP contribution in [0, 0.1) is 0 Å². The van der Waals surface area contributed by atoms with Crippen LogP contribution in [-0.4, -0.2) is 22.5 Å². The minimum Gasteiger partial charge on any atom is -0.394 e. The van der Waals surface area contributed by atoms with E-state index in [-0.39, 0.29) is 12.4 Å². The number of pyridine rings is 1. The predicted molar refractivity (Wildman–Crippen MR) is 52.9 cm³/mol. The van der Waals surface area contributed by atoms with Crippen molar-refractivity contribution in [1.29, 1.82) is 0 Å². The maximum Gasteiger partial charge on any atom is 0.178 e. The standard InChI is InChI=1S/C10H14N2O2/c1-7(14)8-4-3-5-9(12-8)10(2,11)6-13/h3-5,13H,6,11H2,1-2H3/t10-/m1/s1. The van der Waals surface area contributed by atoms with E-state index in [1.165, 1.54) is 6.92 Å². The number of carbonyl (C=O) groups excluding carboxylic acids is 1. The van der Waals surface area contributed by atoms with Crippen LogP contribution in [-0.2, 0) is 5.54 Å². The summed E-state index contributed by atoms with van der Waals surface area (Å²) < 4.78 is 0. The number of nitrogens with zero attached hydrogens (tertiary/aromatic N) is 1. The summed E-state index contributed by atoms with van der Waals surface area (Å²) in [6, 6.07) is 5.03. The predicted octanol–water partition coefficient (Wildman–Crippen LogP) is 0.450. The minimum absolute atomic E-state index is 0.111. The van der Waals surface area contributed by atoms with Gasteiger partial charge in [-0.25, -0.2) is 4.98 Å². The van der Waals surface area contributed by atoms with Gasteiger partial charge in [0.15, 0.2) is 5.78 Å². The largest absolute Gasteiger partial charge is 0.394 e. The Morgan fingerprint density at radius 2 is 2.29 bits per heavy atom. The molecule has 0 amide bonds. The van der Waals surface area contributed by atoms with Crippen LogP contribution >= 0.6 is 0 Å². The maximum absolute atomic E-state index is 11.0. The first-order chi connectivity index (χ1) is 6.47. The first-order valence-corrected chi connectivity index (χ1v) is 4.35. The Balaban J connectivity index is 3.12. The molecule has 0 spiro atoms. The number of aromatic nitrogens is 1. The zero-order valence-electron chi connectivity index (χ0n) is 8.32. The molecule has 0 aliphatic rings. The van der Waals surface area contributed by atoms with Gasteiger partial charge in [0.05, 0.1) is 17.8 Å². The van der Waals surface area contributed by atoms with E-state index in [1.54, 1.807) is 25.1 Å². The highest BCUT2D eigenvalue weighted by Crippen LogP contribution is 2.14. The van der Waals surface area contributed by atoms with Crippen molar-refractivity contribution in [3.63, 3.8) is 0 Å². The molecule has 0 radical (unpaired) electrons. The summed E-state index contributed by atoms with van der Waals surface area (Å²) in [5.41, 5.74) is 5.77. The van der Waals surface area contributed by atoms with Crippen molar-refractivity contribution in [1.82, 2.24) is 4.98 Å². The molecule has 4 heteroatoms. The van der Waals surface area contributed by atoms with Crippen molar-refractivity contribution in [3.8, 4) is 0 Å². The molecular formula is C10H14N2O2. The molecule has 0 aliphatic heterocycles. The summed E-state index contributed by atoms with van der Waals surface area (Å²) in [6.45, 7) is 2.90. The molecule has 0 fully saturated rings. The zero-order chi connectivity index (χ0) is 10.8. The number of hydrogen-bond acceptors (Lipinski definition) is 4. The van der Waals surface area contributed by atoms with E-state index in [0.717, 1.165) is 0 Å². The summed E-state index contributed by atoms with van der Waals surface area (Å²) >= 11 is 0. The number of aliphatic hydroxyl groups is 1. The number of Topliss-reactive ketones (excluding diaryl/α,β-unsaturated/α-hetero) is 1. The third-order valence-corrected chi connectivity index (χ3v) is 2.02. The second-order valence-electron chi connectivity index (χ2n) is 3.54. The summed E-state index contributed by atoms with van der Waals surface area (Å²) in [5, 5.41) is 9.03. The third-order valence-electron chi connectivity index (χ3n) is 2.02. The highest BCUT2D eigenvalue weighted by atomic mass is 16.3. The van der Waals surface area contributed by atoms with E-state index >= 15 is 0 Å². The number of hydrogen-bond donors (Lipinski definition) is 2. The Labute approximate surface area is 82.8 Å². The molecule has 1 heterocycles. The summed E-state index contributed by atoms with van der Waals surface area (Å²) in [6.07, 6.45) is 0. The summed E-state index contributed by atoms with van der Waals surface area (Å²) in [5.74, 6) is -0.111. The average molecular weight is 194 g/mol. The van der Waals surface area contributed by atoms with Gasteiger partial charge in [0.1, 0.15) is 5.69 Å². The fourth-order valence-corrected chi connectivity index (χ4v) is 1.03. The second-order valence-corrected chi connectivity index (χ2v) is 3.54. The number of aliphatic hydroxyl groups excluding tert-OH is 1. The topological polar surface area (TPSA) is 76.2 Å². The van der Waals surface area contributed by atoms with E-state index in [4.69, 9.17) is 10.8 Å². The lowest BCUT2D eigenvalue weighted by Gasteiger charge is -2.21. The SMILES string of the molecule is CC(=O)c1cccc([C@](C)(N)CO)n1. The van der Waals surface area contributed by atoms with E-state index in [2.05, 4.69) is 4.98 Å². The highest BCUT2D eigenvalue weighted by Gasteiger charge is 2.22. The van der Waals surface area contributed by atoms with E-state index < -0.39 is 5.54 Å². The van der Waals surface area contributed by atoms with Gasteiger partial charge >= 0.3 is 0 Å². The number of rotatable bonds is 3. The third kappa shape index (κ3) is 2.16. The molecule has 1 rings (SSSR count). The first-order valence-electron chi connectivity index (χ1n) is 4.35. The molecule has 0 aromatic carbocycles. The molecule has 76 valence electrons. The van der Waals surface area contributed by atoms with Crippen molar-refractivity contribution >= 4 is 5.78 Å². The Hall–Kier alpha value is -1.26. The van der Waals surface area contributed by atoms with Crippen molar-refractivity contribution in [3.05, 3.63) is 29.6 Å². The molecular weight excluding hydrogens is 180 g/mol. The van der Waals surface area contributed by atoms with Crippen LogP contribution in [0.25, 0.3) is 0 Å². The van der Waals surface area contributed by atoms with Gasteiger partial charge in [-0.3, -0.25) is 4.79 Å². The Bertz CT molecular complexity index is 348. The smallest absolute Gasteiger partial charge is 0.178 e. The Morgan fingerprint density at radius 1 is 1.64 bits per heavy atom. The highest BCUT2D eigenvalue weighted by molar-refractivity contribution is 5.92. The van der Waals surface area contributed by atoms with Crippen molar-refractivity contribution in [2.75, 3.05) is 6.61 Å². The average Bonchev–Trinajstić information content (AvgIpc) is 2.18. The van der Waals surface area contributed by atoms with Crippen LogP contribution in [0.15, 0.2) is 18.2 Å². The number of nitrogens with two attached hydrogens (primary N) is 1. The lowest BCUT2D eigenvalue weighted by atomic mass is 9.99. The molecule has 0 saturated heterocycles. The fraction of sp³-hybridized carbons (Fsp3) is 0.400. The number of carbonyl (C=O) groups is 1. The fourth-order valence-electron chi connectivity index (χ4n) is 1.03. The zero-order valence-corrected chi connectivity index (χ0v) is 8.32. The van der Waals surface area contributed by atoms with Crippen LogP contribution in [0.1, 0.15) is 30.0 Å². The molecule has 0 bridgehead atoms. The van der Waals surface area contributed by atoms with Gasteiger partial charge in [0, 0.05) is 6.92 Å². The molecule has 1 aromatic rings. The quantitative estimate of drug-likeness (QED) is 0.685. The Morgan fingerprint density at radius 3 is 2.79 bits per heavy atom. The van der Waals surface area contributed by atoms with E-state index in [0.29, 0.717) is 11.4 Å². The molecule has 0 saturated carbocycles. The minimum atomic E-state index is -0.897. The normalized spacial score (nSPS) is 14.9. The molecule has 14 heavy (non-hydrogen) atoms. The van der Waals surface area contributed by atoms with Gasteiger partial charge in [-0.1, -0.05) is 6.07 Å². The van der Waals surface area contributed by atoms with Gasteiger partial charge in [0.25, 0.3) is 0 Å². The van der Waals surface area contributed by atoms with Crippen molar-refractivity contribution in [2.45, 2.75) is 19.4 Å². The van der Waals surface area contributed by atoms with E-state index in [9.17, 15) is 4.79 Å². The summed E-state index contributed by atoms with van der Waals surface area (Å²) in [4.78, 5) is 15.1. The monoisotopic (exact) mass is 194 g/mol. The first kappa shape index (κ1) is 10.8. The maximum atomic E-state index is 11.0. The molecule has 3 N–H and O–H groups in total. The second kappa shape index (κ2) is 3.86. The van der Waals surface area contributed by atoms with E-state index in [1.807, 2.05) is 0 Å².